The Morgan fingerprint density at radius 2 is 1.33 bits per heavy atom. The van der Waals surface area contributed by atoms with Gasteiger partial charge in [0.2, 0.25) is 5.75 Å². The molecule has 0 amide bonds. The molecule has 12 heteroatoms. The Hall–Kier alpha value is -3.96. The van der Waals surface area contributed by atoms with Crippen LogP contribution in [0.1, 0.15) is 62.5 Å². The number of ether oxygens (including phenoxy) is 2. The van der Waals surface area contributed by atoms with Crippen LogP contribution in [0.15, 0.2) is 54.6 Å². The maximum atomic E-state index is 15.6. The van der Waals surface area contributed by atoms with E-state index >= 15 is 13.2 Å². The first-order valence-corrected chi connectivity index (χ1v) is 14.2. The molecule has 2 nitrogen and oxygen atoms in total. The number of fused-ring (bicyclic) bond motifs is 1. The van der Waals surface area contributed by atoms with E-state index in [0.717, 1.165) is 49.9 Å². The summed E-state index contributed by atoms with van der Waals surface area (Å²) < 4.78 is 148. The van der Waals surface area contributed by atoms with Crippen molar-refractivity contribution in [2.45, 2.75) is 63.8 Å². The topological polar surface area (TPSA) is 18.5 Å². The second kappa shape index (κ2) is 12.4. The minimum absolute atomic E-state index is 0.0258. The molecule has 0 saturated heterocycles. The highest BCUT2D eigenvalue weighted by Gasteiger charge is 2.37. The van der Waals surface area contributed by atoms with Gasteiger partial charge in [-0.1, -0.05) is 44.0 Å². The molecule has 0 radical (unpaired) electrons. The third-order valence-electron chi connectivity index (χ3n) is 8.10. The van der Waals surface area contributed by atoms with Gasteiger partial charge in [-0.3, -0.25) is 0 Å². The lowest BCUT2D eigenvalue weighted by molar-refractivity contribution is -0.276. The molecule has 1 fully saturated rings. The van der Waals surface area contributed by atoms with Crippen LogP contribution in [0.25, 0.3) is 21.9 Å². The molecule has 1 aliphatic rings. The first-order valence-electron chi connectivity index (χ1n) is 14.2. The third kappa shape index (κ3) is 6.84. The van der Waals surface area contributed by atoms with Gasteiger partial charge in [0, 0.05) is 17.7 Å². The summed E-state index contributed by atoms with van der Waals surface area (Å²) in [4.78, 5) is 0. The Labute approximate surface area is 251 Å². The number of halogens is 10. The molecular weight excluding hydrogens is 618 g/mol. The average molecular weight is 645 g/mol. The van der Waals surface area contributed by atoms with E-state index in [-0.39, 0.29) is 40.1 Å². The summed E-state index contributed by atoms with van der Waals surface area (Å²) in [6.45, 7) is 2.10. The minimum Gasteiger partial charge on any atom is -0.429 e. The molecule has 0 aromatic heterocycles. The van der Waals surface area contributed by atoms with E-state index in [1.54, 1.807) is 0 Å². The van der Waals surface area contributed by atoms with Crippen molar-refractivity contribution in [1.82, 2.24) is 0 Å². The molecule has 4 aromatic rings. The summed E-state index contributed by atoms with van der Waals surface area (Å²) >= 11 is 0. The Morgan fingerprint density at radius 1 is 0.711 bits per heavy atom. The van der Waals surface area contributed by atoms with E-state index in [1.807, 2.05) is 0 Å². The standard InChI is InChI=1S/C33H26F10O2/c1-2-3-17-4-6-19(7-5-17)24-14-20-10-13-23(28(36)27(20)30(38)29(24)37)18-8-11-21(12-9-18)32(39,40)44-22-15-25(34)31(26(35)16-22)45-33(41,42)43/h8-17,19H,2-7H2,1H3. The molecule has 0 heterocycles. The summed E-state index contributed by atoms with van der Waals surface area (Å²) in [5.41, 5.74) is -0.831. The van der Waals surface area contributed by atoms with E-state index in [1.165, 1.54) is 18.2 Å². The predicted molar refractivity (Wildman–Crippen MR) is 146 cm³/mol. The number of hydrogen-bond donors (Lipinski definition) is 0. The van der Waals surface area contributed by atoms with Gasteiger partial charge in [0.25, 0.3) is 0 Å². The summed E-state index contributed by atoms with van der Waals surface area (Å²) in [7, 11) is 0. The van der Waals surface area contributed by atoms with Crippen LogP contribution in [-0.2, 0) is 6.11 Å². The van der Waals surface area contributed by atoms with Crippen molar-refractivity contribution < 1.29 is 53.4 Å². The fourth-order valence-corrected chi connectivity index (χ4v) is 5.95. The average Bonchev–Trinajstić information content (AvgIpc) is 2.97. The van der Waals surface area contributed by atoms with E-state index < -0.39 is 64.0 Å². The van der Waals surface area contributed by atoms with Gasteiger partial charge in [0.05, 0.1) is 10.9 Å². The lowest BCUT2D eigenvalue weighted by Crippen LogP contribution is -2.22. The first-order chi connectivity index (χ1) is 21.2. The van der Waals surface area contributed by atoms with Gasteiger partial charge in [-0.25, -0.2) is 22.0 Å². The van der Waals surface area contributed by atoms with Crippen molar-refractivity contribution in [2.75, 3.05) is 0 Å². The van der Waals surface area contributed by atoms with Gasteiger partial charge >= 0.3 is 12.5 Å². The maximum absolute atomic E-state index is 15.6. The molecule has 0 unspecified atom stereocenters. The molecule has 45 heavy (non-hydrogen) atoms. The van der Waals surface area contributed by atoms with Crippen molar-refractivity contribution in [2.24, 2.45) is 5.92 Å². The van der Waals surface area contributed by atoms with Crippen molar-refractivity contribution in [1.29, 1.82) is 0 Å². The summed E-state index contributed by atoms with van der Waals surface area (Å²) in [5, 5.41) is -0.420. The van der Waals surface area contributed by atoms with Crippen LogP contribution in [-0.4, -0.2) is 6.36 Å². The maximum Gasteiger partial charge on any atom is 0.573 e. The predicted octanol–water partition coefficient (Wildman–Crippen LogP) is 11.3. The zero-order valence-corrected chi connectivity index (χ0v) is 23.7. The Morgan fingerprint density at radius 3 is 1.91 bits per heavy atom. The highest BCUT2D eigenvalue weighted by Crippen LogP contribution is 2.42. The summed E-state index contributed by atoms with van der Waals surface area (Å²) in [5.74, 6) is -10.0. The van der Waals surface area contributed by atoms with Crippen LogP contribution in [0.2, 0.25) is 0 Å². The minimum atomic E-state index is -5.43. The van der Waals surface area contributed by atoms with E-state index in [0.29, 0.717) is 18.8 Å². The van der Waals surface area contributed by atoms with Gasteiger partial charge in [0.15, 0.2) is 23.3 Å². The Balaban J connectivity index is 1.38. The van der Waals surface area contributed by atoms with Gasteiger partial charge in [-0.05, 0) is 72.2 Å². The monoisotopic (exact) mass is 644 g/mol. The molecule has 0 atom stereocenters. The molecule has 1 saturated carbocycles. The number of benzene rings is 4. The van der Waals surface area contributed by atoms with E-state index in [4.69, 9.17) is 0 Å². The molecule has 5 rings (SSSR count). The Bertz CT molecular complexity index is 1670. The second-order valence-corrected chi connectivity index (χ2v) is 11.1. The van der Waals surface area contributed by atoms with Crippen molar-refractivity contribution in [3.8, 4) is 22.6 Å². The first kappa shape index (κ1) is 32.4. The number of hydrogen-bond acceptors (Lipinski definition) is 2. The van der Waals surface area contributed by atoms with Crippen LogP contribution in [0.5, 0.6) is 11.5 Å². The number of rotatable bonds is 8. The molecule has 4 aromatic carbocycles. The highest BCUT2D eigenvalue weighted by atomic mass is 19.4. The highest BCUT2D eigenvalue weighted by molar-refractivity contribution is 5.89. The van der Waals surface area contributed by atoms with E-state index in [9.17, 15) is 30.7 Å². The molecular formula is C33H26F10O2. The quantitative estimate of drug-likeness (QED) is 0.178. The molecule has 0 spiro atoms. The fourth-order valence-electron chi connectivity index (χ4n) is 5.95. The van der Waals surface area contributed by atoms with Crippen LogP contribution in [0, 0.1) is 35.0 Å². The second-order valence-electron chi connectivity index (χ2n) is 11.1. The summed E-state index contributed by atoms with van der Waals surface area (Å²) in [6, 6.07) is 8.09. The van der Waals surface area contributed by atoms with Gasteiger partial charge in [0.1, 0.15) is 11.6 Å². The smallest absolute Gasteiger partial charge is 0.429 e. The zero-order valence-electron chi connectivity index (χ0n) is 23.7. The van der Waals surface area contributed by atoms with Crippen molar-refractivity contribution >= 4 is 10.8 Å². The van der Waals surface area contributed by atoms with Gasteiger partial charge in [-0.15, -0.1) is 13.2 Å². The molecule has 0 bridgehead atoms. The molecule has 240 valence electrons. The molecule has 0 N–H and O–H groups in total. The van der Waals surface area contributed by atoms with Crippen LogP contribution >= 0.6 is 0 Å². The lowest BCUT2D eigenvalue weighted by Gasteiger charge is -2.29. The van der Waals surface area contributed by atoms with E-state index in [2.05, 4.69) is 16.4 Å². The van der Waals surface area contributed by atoms with Crippen LogP contribution in [0.4, 0.5) is 43.9 Å². The van der Waals surface area contributed by atoms with Crippen LogP contribution in [0.3, 0.4) is 0 Å². The van der Waals surface area contributed by atoms with Crippen molar-refractivity contribution in [3.63, 3.8) is 0 Å². The SMILES string of the molecule is CCCC1CCC(c2cc3ccc(-c4ccc(C(F)(F)Oc5cc(F)c(OC(F)(F)F)c(F)c5)cc4)c(F)c3c(F)c2F)CC1. The lowest BCUT2D eigenvalue weighted by atomic mass is 9.76. The Kier molecular flexibility index (Phi) is 8.97. The van der Waals surface area contributed by atoms with Crippen LogP contribution < -0.4 is 9.47 Å². The zero-order chi connectivity index (χ0) is 32.7. The van der Waals surface area contributed by atoms with Crippen molar-refractivity contribution in [3.05, 3.63) is 94.8 Å². The van der Waals surface area contributed by atoms with Gasteiger partial charge < -0.3 is 9.47 Å². The third-order valence-corrected chi connectivity index (χ3v) is 8.10. The normalized spacial score (nSPS) is 17.5. The largest absolute Gasteiger partial charge is 0.573 e. The fraction of sp³-hybridized carbons (Fsp3) is 0.333. The molecule has 1 aliphatic carbocycles. The summed E-state index contributed by atoms with van der Waals surface area (Å²) in [6.07, 6.45) is -4.32. The number of alkyl halides is 5. The van der Waals surface area contributed by atoms with Gasteiger partial charge in [-0.2, -0.15) is 8.78 Å². The molecule has 0 aliphatic heterocycles.